The van der Waals surface area contributed by atoms with Gasteiger partial charge in [-0.05, 0) is 48.0 Å². The molecule has 2 N–H and O–H groups in total. The second-order valence-corrected chi connectivity index (χ2v) is 6.38. The van der Waals surface area contributed by atoms with Crippen LogP contribution in [-0.4, -0.2) is 21.9 Å². The number of nitrogens with two attached hydrogens (primary N) is 1. The molecule has 4 nitrogen and oxygen atoms in total. The highest BCUT2D eigenvalue weighted by atomic mass is 32.1. The zero-order chi connectivity index (χ0) is 14.1. The van der Waals surface area contributed by atoms with Gasteiger partial charge in [0.05, 0.1) is 5.56 Å². The van der Waals surface area contributed by atoms with Gasteiger partial charge >= 0.3 is 0 Å². The van der Waals surface area contributed by atoms with Crippen LogP contribution < -0.4 is 10.6 Å². The highest BCUT2D eigenvalue weighted by molar-refractivity contribution is 7.11. The first-order chi connectivity index (χ1) is 9.68. The summed E-state index contributed by atoms with van der Waals surface area (Å²) in [6.45, 7) is 5.68. The molecule has 1 aliphatic heterocycles. The van der Waals surface area contributed by atoms with Crippen LogP contribution in [0.15, 0.2) is 24.5 Å². The predicted octanol–water partition coefficient (Wildman–Crippen LogP) is 3.41. The molecule has 1 aliphatic rings. The maximum atomic E-state index is 6.11. The van der Waals surface area contributed by atoms with E-state index in [0.29, 0.717) is 17.8 Å². The van der Waals surface area contributed by atoms with Crippen molar-refractivity contribution in [1.82, 2.24) is 9.36 Å². The second-order valence-electron chi connectivity index (χ2n) is 5.63. The van der Waals surface area contributed by atoms with Crippen LogP contribution in [0.4, 0.5) is 10.8 Å². The van der Waals surface area contributed by atoms with E-state index >= 15 is 0 Å². The van der Waals surface area contributed by atoms with Gasteiger partial charge in [-0.15, -0.1) is 0 Å². The average molecular weight is 288 g/mol. The fourth-order valence-electron chi connectivity index (χ4n) is 3.02. The minimum atomic E-state index is 0.593. The van der Waals surface area contributed by atoms with Crippen molar-refractivity contribution in [3.63, 3.8) is 0 Å². The molecule has 0 aromatic carbocycles. The zero-order valence-electron chi connectivity index (χ0n) is 11.9. The van der Waals surface area contributed by atoms with Crippen LogP contribution in [0.1, 0.15) is 26.7 Å². The lowest BCUT2D eigenvalue weighted by atomic mass is 10.0. The molecule has 0 saturated carbocycles. The number of pyridine rings is 1. The molecule has 3 rings (SSSR count). The minimum absolute atomic E-state index is 0.593. The lowest BCUT2D eigenvalue weighted by Crippen LogP contribution is -2.33. The molecule has 0 bridgehead atoms. The van der Waals surface area contributed by atoms with Crippen molar-refractivity contribution in [2.75, 3.05) is 17.2 Å². The van der Waals surface area contributed by atoms with Crippen molar-refractivity contribution in [1.29, 1.82) is 0 Å². The Bertz CT molecular complexity index is 579. The maximum absolute atomic E-state index is 6.11. The van der Waals surface area contributed by atoms with Gasteiger partial charge in [-0.25, -0.2) is 0 Å². The van der Waals surface area contributed by atoms with Gasteiger partial charge in [-0.1, -0.05) is 13.8 Å². The molecule has 0 amide bonds. The summed E-state index contributed by atoms with van der Waals surface area (Å²) in [5.74, 6) is 1.27. The highest BCUT2D eigenvalue weighted by Crippen LogP contribution is 2.42. The summed E-state index contributed by atoms with van der Waals surface area (Å²) in [5.41, 5.74) is 8.30. The molecule has 0 radical (unpaired) electrons. The highest BCUT2D eigenvalue weighted by Gasteiger charge is 2.31. The summed E-state index contributed by atoms with van der Waals surface area (Å²) in [4.78, 5) is 6.58. The zero-order valence-corrected chi connectivity index (χ0v) is 12.7. The smallest absolute Gasteiger partial charge is 0.147 e. The van der Waals surface area contributed by atoms with Gasteiger partial charge in [-0.2, -0.15) is 4.37 Å². The topological polar surface area (TPSA) is 55.0 Å². The number of nitrogen functional groups attached to an aromatic ring is 1. The molecule has 1 unspecified atom stereocenters. The first-order valence-corrected chi connectivity index (χ1v) is 7.88. The molecule has 3 heterocycles. The lowest BCUT2D eigenvalue weighted by Gasteiger charge is -2.29. The Morgan fingerprint density at radius 1 is 1.35 bits per heavy atom. The molecule has 20 heavy (non-hydrogen) atoms. The van der Waals surface area contributed by atoms with Crippen molar-refractivity contribution in [3.05, 3.63) is 24.5 Å². The molecule has 2 aromatic heterocycles. The van der Waals surface area contributed by atoms with E-state index in [2.05, 4.69) is 28.1 Å². The minimum Gasteiger partial charge on any atom is -0.382 e. The molecular weight excluding hydrogens is 268 g/mol. The van der Waals surface area contributed by atoms with Crippen LogP contribution in [0, 0.1) is 5.92 Å². The summed E-state index contributed by atoms with van der Waals surface area (Å²) in [6, 6.07) is 4.60. The van der Waals surface area contributed by atoms with Crippen molar-refractivity contribution in [2.45, 2.75) is 32.7 Å². The normalized spacial score (nSPS) is 18.9. The SMILES string of the molecule is CC(C)C1CCCN1c1snc(N)c1-c1ccncc1. The molecule has 5 heteroatoms. The second kappa shape index (κ2) is 5.40. The molecule has 0 aliphatic carbocycles. The van der Waals surface area contributed by atoms with E-state index in [4.69, 9.17) is 5.73 Å². The monoisotopic (exact) mass is 288 g/mol. The van der Waals surface area contributed by atoms with Gasteiger partial charge in [0, 0.05) is 25.0 Å². The quantitative estimate of drug-likeness (QED) is 0.940. The van der Waals surface area contributed by atoms with Crippen molar-refractivity contribution >= 4 is 22.4 Å². The van der Waals surface area contributed by atoms with E-state index in [1.54, 1.807) is 12.4 Å². The summed E-state index contributed by atoms with van der Waals surface area (Å²) in [5, 5.41) is 1.21. The van der Waals surface area contributed by atoms with E-state index in [1.807, 2.05) is 12.1 Å². The van der Waals surface area contributed by atoms with Crippen LogP contribution in [-0.2, 0) is 0 Å². The van der Waals surface area contributed by atoms with Gasteiger partial charge in [0.25, 0.3) is 0 Å². The number of hydrogen-bond acceptors (Lipinski definition) is 5. The van der Waals surface area contributed by atoms with Crippen molar-refractivity contribution < 1.29 is 0 Å². The van der Waals surface area contributed by atoms with Gasteiger partial charge in [0.2, 0.25) is 0 Å². The van der Waals surface area contributed by atoms with E-state index in [1.165, 1.54) is 29.4 Å². The molecule has 2 aromatic rings. The average Bonchev–Trinajstić information content (AvgIpc) is 3.05. The van der Waals surface area contributed by atoms with E-state index in [0.717, 1.165) is 17.7 Å². The predicted molar refractivity (Wildman–Crippen MR) is 85.0 cm³/mol. The summed E-state index contributed by atoms with van der Waals surface area (Å²) >= 11 is 1.52. The van der Waals surface area contributed by atoms with Crippen LogP contribution in [0.3, 0.4) is 0 Å². The van der Waals surface area contributed by atoms with Crippen LogP contribution in [0.25, 0.3) is 11.1 Å². The van der Waals surface area contributed by atoms with E-state index < -0.39 is 0 Å². The molecule has 1 atom stereocenters. The first kappa shape index (κ1) is 13.4. The van der Waals surface area contributed by atoms with Gasteiger partial charge in [0.1, 0.15) is 10.8 Å². The molecular formula is C15H20N4S. The van der Waals surface area contributed by atoms with Crippen LogP contribution >= 0.6 is 11.5 Å². The van der Waals surface area contributed by atoms with Gasteiger partial charge in [0.15, 0.2) is 0 Å². The Hall–Kier alpha value is -1.62. The Kier molecular flexibility index (Phi) is 3.61. The Morgan fingerprint density at radius 3 is 2.80 bits per heavy atom. The molecule has 0 spiro atoms. The van der Waals surface area contributed by atoms with Gasteiger partial charge < -0.3 is 10.6 Å². The number of nitrogens with zero attached hydrogens (tertiary/aromatic N) is 3. The third-order valence-corrected chi connectivity index (χ3v) is 4.90. The summed E-state index contributed by atoms with van der Waals surface area (Å²) in [6.07, 6.45) is 6.11. The van der Waals surface area contributed by atoms with E-state index in [9.17, 15) is 0 Å². The third-order valence-electron chi connectivity index (χ3n) is 4.00. The molecule has 1 fully saturated rings. The third kappa shape index (κ3) is 2.26. The van der Waals surface area contributed by atoms with Crippen LogP contribution in [0.2, 0.25) is 0 Å². The number of aromatic nitrogens is 2. The first-order valence-electron chi connectivity index (χ1n) is 7.10. The van der Waals surface area contributed by atoms with Crippen LogP contribution in [0.5, 0.6) is 0 Å². The molecule has 1 saturated heterocycles. The number of rotatable bonds is 3. The van der Waals surface area contributed by atoms with Crippen molar-refractivity contribution in [2.24, 2.45) is 5.92 Å². The largest absolute Gasteiger partial charge is 0.382 e. The van der Waals surface area contributed by atoms with Crippen molar-refractivity contribution in [3.8, 4) is 11.1 Å². The Labute approximate surface area is 123 Å². The fourth-order valence-corrected chi connectivity index (χ4v) is 3.94. The Morgan fingerprint density at radius 2 is 2.10 bits per heavy atom. The van der Waals surface area contributed by atoms with E-state index in [-0.39, 0.29) is 0 Å². The standard InChI is InChI=1S/C15H20N4S/c1-10(2)12-4-3-9-19(12)15-13(14(16)18-20-15)11-5-7-17-8-6-11/h5-8,10,12H,3-4,9H2,1-2H3,(H2,16,18). The summed E-state index contributed by atoms with van der Waals surface area (Å²) < 4.78 is 4.39. The fraction of sp³-hybridized carbons (Fsp3) is 0.467. The Balaban J connectivity index is 2.03. The number of anilines is 2. The molecule has 106 valence electrons. The van der Waals surface area contributed by atoms with Gasteiger partial charge in [-0.3, -0.25) is 4.98 Å². The maximum Gasteiger partial charge on any atom is 0.147 e. The lowest BCUT2D eigenvalue weighted by molar-refractivity contribution is 0.493. The summed E-state index contributed by atoms with van der Waals surface area (Å²) in [7, 11) is 0. The number of hydrogen-bond donors (Lipinski definition) is 1.